The summed E-state index contributed by atoms with van der Waals surface area (Å²) in [7, 11) is 0. The fourth-order valence-corrected chi connectivity index (χ4v) is 2.96. The van der Waals surface area contributed by atoms with Gasteiger partial charge in [0.2, 0.25) is 5.91 Å². The molecule has 17 heavy (non-hydrogen) atoms. The Kier molecular flexibility index (Phi) is 3.87. The van der Waals surface area contributed by atoms with Gasteiger partial charge in [0.1, 0.15) is 0 Å². The van der Waals surface area contributed by atoms with Gasteiger partial charge in [0.05, 0.1) is 0 Å². The predicted molar refractivity (Wildman–Crippen MR) is 73.0 cm³/mol. The Hall–Kier alpha value is -0.830. The van der Waals surface area contributed by atoms with Crippen LogP contribution in [0.25, 0.3) is 0 Å². The summed E-state index contributed by atoms with van der Waals surface area (Å²) < 4.78 is 1.10. The van der Waals surface area contributed by atoms with Crippen molar-refractivity contribution in [3.05, 3.63) is 33.8 Å². The number of halogens is 1. The molecule has 0 spiro atoms. The highest BCUT2D eigenvalue weighted by Gasteiger charge is 2.29. The second kappa shape index (κ2) is 5.21. The van der Waals surface area contributed by atoms with Crippen molar-refractivity contribution in [3.63, 3.8) is 0 Å². The number of hydrogen-bond donors (Lipinski definition) is 0. The molecule has 1 amide bonds. The smallest absolute Gasteiger partial charge is 0.226 e. The largest absolute Gasteiger partial charge is 0.343 e. The highest BCUT2D eigenvalue weighted by Crippen LogP contribution is 2.30. The monoisotopic (exact) mass is 295 g/mol. The van der Waals surface area contributed by atoms with Crippen molar-refractivity contribution in [2.75, 3.05) is 13.1 Å². The third-order valence-corrected chi connectivity index (χ3v) is 4.02. The van der Waals surface area contributed by atoms with E-state index in [0.717, 1.165) is 30.4 Å². The van der Waals surface area contributed by atoms with Gasteiger partial charge in [-0.25, -0.2) is 0 Å². The highest BCUT2D eigenvalue weighted by atomic mass is 79.9. The molecule has 0 heterocycles. The van der Waals surface area contributed by atoms with Crippen LogP contribution in [0.4, 0.5) is 0 Å². The summed E-state index contributed by atoms with van der Waals surface area (Å²) in [5, 5.41) is 0. The van der Waals surface area contributed by atoms with E-state index in [2.05, 4.69) is 34.1 Å². The van der Waals surface area contributed by atoms with Crippen LogP contribution in [-0.2, 0) is 17.6 Å². The Morgan fingerprint density at radius 2 is 1.94 bits per heavy atom. The van der Waals surface area contributed by atoms with Crippen molar-refractivity contribution in [3.8, 4) is 0 Å². The molecule has 1 aliphatic rings. The minimum atomic E-state index is 0.152. The minimum absolute atomic E-state index is 0.152. The molecule has 3 heteroatoms. The van der Waals surface area contributed by atoms with E-state index >= 15 is 0 Å². The van der Waals surface area contributed by atoms with Gasteiger partial charge in [0, 0.05) is 23.5 Å². The predicted octanol–water partition coefficient (Wildman–Crippen LogP) is 3.03. The number of carbonyl (C=O) groups is 1. The Labute approximate surface area is 111 Å². The molecule has 1 aromatic carbocycles. The van der Waals surface area contributed by atoms with E-state index < -0.39 is 0 Å². The number of rotatable bonds is 3. The Morgan fingerprint density at radius 1 is 1.29 bits per heavy atom. The van der Waals surface area contributed by atoms with E-state index in [-0.39, 0.29) is 5.92 Å². The van der Waals surface area contributed by atoms with Gasteiger partial charge in [-0.3, -0.25) is 4.79 Å². The van der Waals surface area contributed by atoms with Crippen LogP contribution < -0.4 is 0 Å². The number of benzene rings is 1. The summed E-state index contributed by atoms with van der Waals surface area (Å²) in [5.41, 5.74) is 2.66. The van der Waals surface area contributed by atoms with Crippen molar-refractivity contribution in [1.82, 2.24) is 4.90 Å². The molecular weight excluding hydrogens is 278 g/mol. The lowest BCUT2D eigenvalue weighted by Crippen LogP contribution is -2.36. The van der Waals surface area contributed by atoms with Gasteiger partial charge in [0.25, 0.3) is 0 Å². The number of nitrogens with zero attached hydrogens (tertiary/aromatic N) is 1. The number of fused-ring (bicyclic) bond motifs is 1. The molecule has 0 bridgehead atoms. The van der Waals surface area contributed by atoms with Crippen LogP contribution in [0.3, 0.4) is 0 Å². The second-order valence-electron chi connectivity index (χ2n) is 4.53. The molecule has 0 saturated heterocycles. The molecular formula is C14H18BrNO. The van der Waals surface area contributed by atoms with Crippen molar-refractivity contribution in [2.45, 2.75) is 26.7 Å². The SMILES string of the molecule is CCN(CC)C(=O)C1Cc2ccc(Br)cc2C1. The fraction of sp³-hybridized carbons (Fsp3) is 0.500. The molecule has 1 atom stereocenters. The quantitative estimate of drug-likeness (QED) is 0.839. The van der Waals surface area contributed by atoms with E-state index in [4.69, 9.17) is 0 Å². The van der Waals surface area contributed by atoms with Gasteiger partial charge in [-0.2, -0.15) is 0 Å². The Morgan fingerprint density at radius 3 is 2.59 bits per heavy atom. The maximum Gasteiger partial charge on any atom is 0.226 e. The topological polar surface area (TPSA) is 20.3 Å². The maximum atomic E-state index is 12.3. The summed E-state index contributed by atoms with van der Waals surface area (Å²) in [6.45, 7) is 5.71. The normalized spacial score (nSPS) is 17.9. The molecule has 0 aliphatic heterocycles. The van der Waals surface area contributed by atoms with Gasteiger partial charge in [-0.15, -0.1) is 0 Å². The summed E-state index contributed by atoms with van der Waals surface area (Å²) in [5.74, 6) is 0.460. The third kappa shape index (κ3) is 2.54. The zero-order chi connectivity index (χ0) is 12.4. The summed E-state index contributed by atoms with van der Waals surface area (Å²) in [6, 6.07) is 6.34. The van der Waals surface area contributed by atoms with Gasteiger partial charge in [-0.1, -0.05) is 22.0 Å². The zero-order valence-electron chi connectivity index (χ0n) is 10.4. The van der Waals surface area contributed by atoms with Crippen molar-refractivity contribution >= 4 is 21.8 Å². The average molecular weight is 296 g/mol. The fourth-order valence-electron chi connectivity index (χ4n) is 2.55. The van der Waals surface area contributed by atoms with E-state index in [9.17, 15) is 4.79 Å². The summed E-state index contributed by atoms with van der Waals surface area (Å²) >= 11 is 3.48. The molecule has 1 aliphatic carbocycles. The van der Waals surface area contributed by atoms with Crippen molar-refractivity contribution in [2.24, 2.45) is 5.92 Å². The first-order chi connectivity index (χ1) is 8.15. The van der Waals surface area contributed by atoms with Crippen LogP contribution in [0, 0.1) is 5.92 Å². The van der Waals surface area contributed by atoms with Gasteiger partial charge in [-0.05, 0) is 49.9 Å². The lowest BCUT2D eigenvalue weighted by atomic mass is 10.0. The molecule has 0 radical (unpaired) electrons. The third-order valence-electron chi connectivity index (χ3n) is 3.53. The maximum absolute atomic E-state index is 12.3. The van der Waals surface area contributed by atoms with Crippen LogP contribution in [-0.4, -0.2) is 23.9 Å². The average Bonchev–Trinajstić information content (AvgIpc) is 2.73. The van der Waals surface area contributed by atoms with Crippen LogP contribution in [0.5, 0.6) is 0 Å². The number of amides is 1. The standard InChI is InChI=1S/C14H18BrNO/c1-3-16(4-2)14(17)12-7-10-5-6-13(15)9-11(10)8-12/h5-6,9,12H,3-4,7-8H2,1-2H3. The molecule has 0 fully saturated rings. The summed E-state index contributed by atoms with van der Waals surface area (Å²) in [6.07, 6.45) is 1.79. The second-order valence-corrected chi connectivity index (χ2v) is 5.44. The number of hydrogen-bond acceptors (Lipinski definition) is 1. The van der Waals surface area contributed by atoms with Gasteiger partial charge < -0.3 is 4.90 Å². The van der Waals surface area contributed by atoms with Crippen LogP contribution >= 0.6 is 15.9 Å². The Bertz CT molecular complexity index is 426. The molecule has 2 rings (SSSR count). The first kappa shape index (κ1) is 12.6. The minimum Gasteiger partial charge on any atom is -0.343 e. The van der Waals surface area contributed by atoms with Crippen LogP contribution in [0.2, 0.25) is 0 Å². The molecule has 1 unspecified atom stereocenters. The highest BCUT2D eigenvalue weighted by molar-refractivity contribution is 9.10. The Balaban J connectivity index is 2.12. The first-order valence-electron chi connectivity index (χ1n) is 6.21. The van der Waals surface area contributed by atoms with E-state index in [1.54, 1.807) is 0 Å². The van der Waals surface area contributed by atoms with Crippen molar-refractivity contribution in [1.29, 1.82) is 0 Å². The molecule has 0 aromatic heterocycles. The molecule has 2 nitrogen and oxygen atoms in total. The first-order valence-corrected chi connectivity index (χ1v) is 7.01. The van der Waals surface area contributed by atoms with Crippen molar-refractivity contribution < 1.29 is 4.79 Å². The zero-order valence-corrected chi connectivity index (χ0v) is 12.0. The van der Waals surface area contributed by atoms with Gasteiger partial charge in [0.15, 0.2) is 0 Å². The summed E-state index contributed by atoms with van der Waals surface area (Å²) in [4.78, 5) is 14.2. The van der Waals surface area contributed by atoms with E-state index in [0.29, 0.717) is 5.91 Å². The van der Waals surface area contributed by atoms with E-state index in [1.807, 2.05) is 18.7 Å². The van der Waals surface area contributed by atoms with Crippen LogP contribution in [0.15, 0.2) is 22.7 Å². The lowest BCUT2D eigenvalue weighted by Gasteiger charge is -2.22. The molecule has 0 N–H and O–H groups in total. The number of carbonyl (C=O) groups excluding carboxylic acids is 1. The molecule has 0 saturated carbocycles. The van der Waals surface area contributed by atoms with Crippen LogP contribution in [0.1, 0.15) is 25.0 Å². The molecule has 92 valence electrons. The molecule has 1 aromatic rings. The lowest BCUT2D eigenvalue weighted by molar-refractivity contribution is -0.134. The van der Waals surface area contributed by atoms with E-state index in [1.165, 1.54) is 11.1 Å². The van der Waals surface area contributed by atoms with Gasteiger partial charge >= 0.3 is 0 Å².